The van der Waals surface area contributed by atoms with E-state index in [4.69, 9.17) is 4.74 Å². The fourth-order valence-electron chi connectivity index (χ4n) is 1.18. The Morgan fingerprint density at radius 2 is 1.93 bits per heavy atom. The van der Waals surface area contributed by atoms with Crippen molar-refractivity contribution >= 4 is 5.78 Å². The molecule has 76 valence electrons. The highest BCUT2D eigenvalue weighted by atomic mass is 16.5. The van der Waals surface area contributed by atoms with E-state index < -0.39 is 0 Å². The van der Waals surface area contributed by atoms with Crippen LogP contribution in [0.3, 0.4) is 0 Å². The molecule has 0 amide bonds. The van der Waals surface area contributed by atoms with Crippen molar-refractivity contribution < 1.29 is 9.53 Å². The molecule has 0 aliphatic rings. The minimum Gasteiger partial charge on any atom is -0.381 e. The van der Waals surface area contributed by atoms with Crippen LogP contribution in [0, 0.1) is 0 Å². The number of benzene rings is 1. The van der Waals surface area contributed by atoms with E-state index in [0.717, 1.165) is 18.6 Å². The molecular weight excluding hydrogens is 176 g/mol. The Bertz CT molecular complexity index is 267. The van der Waals surface area contributed by atoms with Crippen molar-refractivity contribution in [3.05, 3.63) is 35.9 Å². The van der Waals surface area contributed by atoms with Gasteiger partial charge in [0.05, 0.1) is 6.61 Å². The fraction of sp³-hybridized carbons (Fsp3) is 0.417. The van der Waals surface area contributed by atoms with Gasteiger partial charge in [0.2, 0.25) is 0 Å². The molecule has 0 atom stereocenters. The van der Waals surface area contributed by atoms with Crippen molar-refractivity contribution in [2.45, 2.75) is 19.8 Å². The van der Waals surface area contributed by atoms with E-state index in [1.807, 2.05) is 30.3 Å². The van der Waals surface area contributed by atoms with Crippen LogP contribution in [0.15, 0.2) is 30.3 Å². The quantitative estimate of drug-likeness (QED) is 0.511. The number of hydrogen-bond acceptors (Lipinski definition) is 2. The summed E-state index contributed by atoms with van der Waals surface area (Å²) in [5.74, 6) is 0.154. The molecular formula is C12H16O2. The molecule has 2 heteroatoms. The van der Waals surface area contributed by atoms with Gasteiger partial charge in [0, 0.05) is 18.6 Å². The van der Waals surface area contributed by atoms with Crippen LogP contribution < -0.4 is 0 Å². The van der Waals surface area contributed by atoms with E-state index in [2.05, 4.69) is 6.92 Å². The van der Waals surface area contributed by atoms with Gasteiger partial charge in [-0.05, 0) is 6.42 Å². The lowest BCUT2D eigenvalue weighted by molar-refractivity contribution is 0.0879. The Balaban J connectivity index is 2.29. The standard InChI is InChI=1S/C12H16O2/c1-2-9-14-10-8-12(13)11-6-4-3-5-7-11/h3-7H,2,8-10H2,1H3. The molecule has 0 saturated carbocycles. The Labute approximate surface area is 84.9 Å². The number of carbonyl (C=O) groups excluding carboxylic acids is 1. The maximum atomic E-state index is 11.5. The lowest BCUT2D eigenvalue weighted by Crippen LogP contribution is -2.04. The largest absolute Gasteiger partial charge is 0.381 e. The molecule has 14 heavy (non-hydrogen) atoms. The average Bonchev–Trinajstić information content (AvgIpc) is 2.25. The van der Waals surface area contributed by atoms with E-state index in [1.165, 1.54) is 0 Å². The van der Waals surface area contributed by atoms with Crippen LogP contribution in [-0.4, -0.2) is 19.0 Å². The summed E-state index contributed by atoms with van der Waals surface area (Å²) in [6.07, 6.45) is 1.48. The minimum atomic E-state index is 0.154. The smallest absolute Gasteiger partial charge is 0.165 e. The first-order valence-electron chi connectivity index (χ1n) is 5.00. The zero-order chi connectivity index (χ0) is 10.2. The van der Waals surface area contributed by atoms with Crippen LogP contribution in [0.2, 0.25) is 0 Å². The van der Waals surface area contributed by atoms with Crippen molar-refractivity contribution in [1.82, 2.24) is 0 Å². The Morgan fingerprint density at radius 3 is 2.57 bits per heavy atom. The lowest BCUT2D eigenvalue weighted by atomic mass is 10.1. The predicted octanol–water partition coefficient (Wildman–Crippen LogP) is 2.69. The molecule has 0 fully saturated rings. The number of rotatable bonds is 6. The second-order valence-electron chi connectivity index (χ2n) is 3.15. The van der Waals surface area contributed by atoms with Gasteiger partial charge in [0.15, 0.2) is 5.78 Å². The summed E-state index contributed by atoms with van der Waals surface area (Å²) >= 11 is 0. The third-order valence-corrected chi connectivity index (χ3v) is 1.92. The molecule has 1 rings (SSSR count). The number of Topliss-reactive ketones (excluding diaryl/α,β-unsaturated/α-hetero) is 1. The van der Waals surface area contributed by atoms with Gasteiger partial charge < -0.3 is 4.74 Å². The summed E-state index contributed by atoms with van der Waals surface area (Å²) in [5.41, 5.74) is 0.771. The van der Waals surface area contributed by atoms with Gasteiger partial charge in [-0.25, -0.2) is 0 Å². The number of ketones is 1. The van der Waals surface area contributed by atoms with Crippen molar-refractivity contribution in [2.24, 2.45) is 0 Å². The Morgan fingerprint density at radius 1 is 1.21 bits per heavy atom. The summed E-state index contributed by atoms with van der Waals surface area (Å²) in [7, 11) is 0. The predicted molar refractivity (Wildman–Crippen MR) is 56.5 cm³/mol. The third-order valence-electron chi connectivity index (χ3n) is 1.92. The van der Waals surface area contributed by atoms with Gasteiger partial charge in [-0.3, -0.25) is 4.79 Å². The zero-order valence-electron chi connectivity index (χ0n) is 8.53. The van der Waals surface area contributed by atoms with Gasteiger partial charge in [-0.1, -0.05) is 37.3 Å². The summed E-state index contributed by atoms with van der Waals surface area (Å²) in [4.78, 5) is 11.5. The summed E-state index contributed by atoms with van der Waals surface area (Å²) in [6, 6.07) is 9.33. The second kappa shape index (κ2) is 6.33. The van der Waals surface area contributed by atoms with Crippen LogP contribution in [0.1, 0.15) is 30.1 Å². The maximum Gasteiger partial charge on any atom is 0.165 e. The monoisotopic (exact) mass is 192 g/mol. The summed E-state index contributed by atoms with van der Waals surface area (Å²) < 4.78 is 5.25. The van der Waals surface area contributed by atoms with E-state index >= 15 is 0 Å². The molecule has 0 spiro atoms. The van der Waals surface area contributed by atoms with Crippen LogP contribution in [0.4, 0.5) is 0 Å². The highest BCUT2D eigenvalue weighted by Crippen LogP contribution is 2.02. The van der Waals surface area contributed by atoms with Crippen molar-refractivity contribution in [3.63, 3.8) is 0 Å². The Hall–Kier alpha value is -1.15. The molecule has 2 nitrogen and oxygen atoms in total. The summed E-state index contributed by atoms with van der Waals surface area (Å²) in [6.45, 7) is 3.32. The highest BCUT2D eigenvalue weighted by molar-refractivity contribution is 5.96. The van der Waals surface area contributed by atoms with Crippen LogP contribution in [0.5, 0.6) is 0 Å². The van der Waals surface area contributed by atoms with Crippen LogP contribution in [-0.2, 0) is 4.74 Å². The first-order chi connectivity index (χ1) is 6.84. The molecule has 1 aromatic rings. The number of ether oxygens (including phenoxy) is 1. The summed E-state index contributed by atoms with van der Waals surface area (Å²) in [5, 5.41) is 0. The van der Waals surface area contributed by atoms with Gasteiger partial charge in [0.25, 0.3) is 0 Å². The maximum absolute atomic E-state index is 11.5. The minimum absolute atomic E-state index is 0.154. The van der Waals surface area contributed by atoms with Gasteiger partial charge in [0.1, 0.15) is 0 Å². The number of carbonyl (C=O) groups is 1. The second-order valence-corrected chi connectivity index (χ2v) is 3.15. The highest BCUT2D eigenvalue weighted by Gasteiger charge is 2.03. The van der Waals surface area contributed by atoms with E-state index in [0.29, 0.717) is 13.0 Å². The van der Waals surface area contributed by atoms with Gasteiger partial charge in [-0.2, -0.15) is 0 Å². The average molecular weight is 192 g/mol. The lowest BCUT2D eigenvalue weighted by Gasteiger charge is -2.01. The van der Waals surface area contributed by atoms with Crippen molar-refractivity contribution in [1.29, 1.82) is 0 Å². The molecule has 0 N–H and O–H groups in total. The SMILES string of the molecule is CCCOCCC(=O)c1ccccc1. The molecule has 0 aliphatic carbocycles. The molecule has 0 aliphatic heterocycles. The molecule has 0 heterocycles. The van der Waals surface area contributed by atoms with E-state index in [1.54, 1.807) is 0 Å². The fourth-order valence-corrected chi connectivity index (χ4v) is 1.18. The van der Waals surface area contributed by atoms with Crippen LogP contribution >= 0.6 is 0 Å². The van der Waals surface area contributed by atoms with Gasteiger partial charge in [-0.15, -0.1) is 0 Å². The number of hydrogen-bond donors (Lipinski definition) is 0. The molecule has 0 unspecified atom stereocenters. The van der Waals surface area contributed by atoms with Gasteiger partial charge >= 0.3 is 0 Å². The molecule has 0 bridgehead atoms. The zero-order valence-corrected chi connectivity index (χ0v) is 8.53. The topological polar surface area (TPSA) is 26.3 Å². The van der Waals surface area contributed by atoms with Crippen molar-refractivity contribution in [2.75, 3.05) is 13.2 Å². The molecule has 1 aromatic carbocycles. The first kappa shape index (κ1) is 10.9. The van der Waals surface area contributed by atoms with E-state index in [9.17, 15) is 4.79 Å². The molecule has 0 saturated heterocycles. The third kappa shape index (κ3) is 3.71. The van der Waals surface area contributed by atoms with Crippen LogP contribution in [0.25, 0.3) is 0 Å². The van der Waals surface area contributed by atoms with E-state index in [-0.39, 0.29) is 5.78 Å². The Kier molecular flexibility index (Phi) is 4.94. The van der Waals surface area contributed by atoms with Crippen molar-refractivity contribution in [3.8, 4) is 0 Å². The molecule has 0 radical (unpaired) electrons. The normalized spacial score (nSPS) is 10.1. The first-order valence-corrected chi connectivity index (χ1v) is 5.00. The molecule has 0 aromatic heterocycles.